The first-order valence-corrected chi connectivity index (χ1v) is 2.43. The molecule has 0 spiro atoms. The summed E-state index contributed by atoms with van der Waals surface area (Å²) in [6.45, 7) is 1.53. The first-order chi connectivity index (χ1) is 4.37. The molecule has 0 aliphatic rings. The van der Waals surface area contributed by atoms with Gasteiger partial charge in [-0.25, -0.2) is 0 Å². The maximum atomic E-state index is 10.1. The zero-order chi connectivity index (χ0) is 8.73. The van der Waals surface area contributed by atoms with Gasteiger partial charge >= 0.3 is 103 Å². The van der Waals surface area contributed by atoms with Crippen LogP contribution in [0.15, 0.2) is 0 Å². The van der Waals surface area contributed by atoms with Gasteiger partial charge in [-0.05, 0) is 6.16 Å². The Morgan fingerprint density at radius 2 is 1.17 bits per heavy atom. The van der Waals surface area contributed by atoms with Crippen molar-refractivity contribution >= 4 is 12.1 Å². The van der Waals surface area contributed by atoms with Gasteiger partial charge in [0.05, 0.1) is 0 Å². The van der Waals surface area contributed by atoms with Gasteiger partial charge in [0, 0.05) is 21.0 Å². The van der Waals surface area contributed by atoms with E-state index in [-0.39, 0.29) is 109 Å². The van der Waals surface area contributed by atoms with Crippen LogP contribution in [0, 0.1) is 0 Å². The monoisotopic (exact) mass is 225 g/mol. The predicted octanol–water partition coefficient (Wildman–Crippen LogP) is -8.34. The summed E-state index contributed by atoms with van der Waals surface area (Å²) < 4.78 is 0. The van der Waals surface area contributed by atoms with E-state index in [1.807, 2.05) is 0 Å². The standard InChI is InChI=1S/C4H9NO.CH2O3.2K/c1-4(6)5(2)3;2-1(3)4;;/h1-3H3;(H2,2,3,4);;/q;;2*+1/p-2. The van der Waals surface area contributed by atoms with Crippen LogP contribution in [-0.2, 0) is 4.79 Å². The molecule has 0 aliphatic carbocycles. The topological polar surface area (TPSA) is 83.5 Å². The summed E-state index contributed by atoms with van der Waals surface area (Å²) in [5.41, 5.74) is 0. The average molecular weight is 225 g/mol. The van der Waals surface area contributed by atoms with Crippen LogP contribution in [0.25, 0.3) is 0 Å². The van der Waals surface area contributed by atoms with Gasteiger partial charge in [-0.3, -0.25) is 4.79 Å². The Labute approximate surface area is 157 Å². The summed E-state index contributed by atoms with van der Waals surface area (Å²) in [6.07, 6.45) is -2.33. The summed E-state index contributed by atoms with van der Waals surface area (Å²) in [5, 5.41) is 16.7. The smallest absolute Gasteiger partial charge is 0.652 e. The molecule has 0 aromatic heterocycles. The Morgan fingerprint density at radius 1 is 1.08 bits per heavy atom. The van der Waals surface area contributed by atoms with Gasteiger partial charge < -0.3 is 19.9 Å². The Hall–Kier alpha value is 2.01. The third-order valence-electron chi connectivity index (χ3n) is 0.630. The second-order valence-corrected chi connectivity index (χ2v) is 1.66. The van der Waals surface area contributed by atoms with E-state index in [1.165, 1.54) is 11.8 Å². The van der Waals surface area contributed by atoms with Crippen molar-refractivity contribution in [3.8, 4) is 0 Å². The third-order valence-corrected chi connectivity index (χ3v) is 0.630. The zero-order valence-electron chi connectivity index (χ0n) is 8.08. The molecule has 1 amide bonds. The van der Waals surface area contributed by atoms with Crippen molar-refractivity contribution in [3.63, 3.8) is 0 Å². The van der Waals surface area contributed by atoms with Crippen LogP contribution in [0.3, 0.4) is 0 Å². The first kappa shape index (κ1) is 23.7. The van der Waals surface area contributed by atoms with E-state index in [1.54, 1.807) is 14.1 Å². The SMILES string of the molecule is CC(=O)N(C)C.O=C([O-])[O-].[K+].[K+]. The number of carbonyl (C=O) groups is 2. The molecule has 0 saturated carbocycles. The van der Waals surface area contributed by atoms with Gasteiger partial charge in [-0.1, -0.05) is 0 Å². The van der Waals surface area contributed by atoms with Gasteiger partial charge in [-0.2, -0.15) is 0 Å². The quantitative estimate of drug-likeness (QED) is 0.383. The first-order valence-electron chi connectivity index (χ1n) is 2.43. The fourth-order valence-corrected chi connectivity index (χ4v) is 0. The molecule has 0 heterocycles. The second-order valence-electron chi connectivity index (χ2n) is 1.66. The van der Waals surface area contributed by atoms with Crippen molar-refractivity contribution in [1.29, 1.82) is 0 Å². The fourth-order valence-electron chi connectivity index (χ4n) is 0. The average Bonchev–Trinajstić information content (AvgIpc) is 1.63. The van der Waals surface area contributed by atoms with Gasteiger partial charge in [0.2, 0.25) is 5.91 Å². The molecule has 0 aromatic rings. The van der Waals surface area contributed by atoms with Crippen LogP contribution in [0.1, 0.15) is 6.92 Å². The second kappa shape index (κ2) is 15.5. The molecule has 0 radical (unpaired) electrons. The Balaban J connectivity index is -0.0000000483. The number of carbonyl (C=O) groups excluding carboxylic acids is 2. The molecule has 12 heavy (non-hydrogen) atoms. The molecule has 0 fully saturated rings. The van der Waals surface area contributed by atoms with Crippen molar-refractivity contribution < 1.29 is 123 Å². The summed E-state index contributed by atoms with van der Waals surface area (Å²) in [7, 11) is 3.45. The molecule has 0 unspecified atom stereocenters. The van der Waals surface area contributed by atoms with E-state index < -0.39 is 6.16 Å². The molecular formula is C5H9K2NO4. The van der Waals surface area contributed by atoms with E-state index in [0.717, 1.165) is 0 Å². The fraction of sp³-hybridized carbons (Fsp3) is 0.600. The number of nitrogens with zero attached hydrogens (tertiary/aromatic N) is 1. The summed E-state index contributed by atoms with van der Waals surface area (Å²) in [4.78, 5) is 19.9. The molecule has 5 nitrogen and oxygen atoms in total. The van der Waals surface area contributed by atoms with Gasteiger partial charge in [0.25, 0.3) is 0 Å². The van der Waals surface area contributed by atoms with Crippen molar-refractivity contribution in [2.45, 2.75) is 6.92 Å². The molecule has 0 bridgehead atoms. The number of hydrogen-bond donors (Lipinski definition) is 0. The molecule has 7 heteroatoms. The Morgan fingerprint density at radius 3 is 1.17 bits per heavy atom. The van der Waals surface area contributed by atoms with Crippen molar-refractivity contribution in [1.82, 2.24) is 4.90 Å². The molecule has 0 rings (SSSR count). The van der Waals surface area contributed by atoms with Crippen LogP contribution < -0.4 is 113 Å². The van der Waals surface area contributed by atoms with Crippen LogP contribution in [0.2, 0.25) is 0 Å². The van der Waals surface area contributed by atoms with Crippen LogP contribution in [0.4, 0.5) is 4.79 Å². The number of amides is 1. The number of carboxylic acid groups (broad SMARTS) is 2. The predicted molar refractivity (Wildman–Crippen MR) is 29.8 cm³/mol. The van der Waals surface area contributed by atoms with Crippen molar-refractivity contribution in [2.24, 2.45) is 0 Å². The molecule has 60 valence electrons. The summed E-state index contributed by atoms with van der Waals surface area (Å²) in [5.74, 6) is 0.0926. The minimum absolute atomic E-state index is 0. The van der Waals surface area contributed by atoms with Crippen molar-refractivity contribution in [2.75, 3.05) is 14.1 Å². The molecule has 0 atom stereocenters. The largest absolute Gasteiger partial charge is 1.00 e. The van der Waals surface area contributed by atoms with E-state index in [9.17, 15) is 4.79 Å². The summed E-state index contributed by atoms with van der Waals surface area (Å²) in [6, 6.07) is 0. The minimum atomic E-state index is -2.33. The van der Waals surface area contributed by atoms with Crippen LogP contribution in [0.5, 0.6) is 0 Å². The molecular weight excluding hydrogens is 216 g/mol. The summed E-state index contributed by atoms with van der Waals surface area (Å²) >= 11 is 0. The molecule has 0 aromatic carbocycles. The van der Waals surface area contributed by atoms with Crippen LogP contribution in [-0.4, -0.2) is 31.1 Å². The normalized spacial score (nSPS) is 5.92. The molecule has 0 saturated heterocycles. The van der Waals surface area contributed by atoms with Crippen LogP contribution >= 0.6 is 0 Å². The van der Waals surface area contributed by atoms with E-state index in [0.29, 0.717) is 0 Å². The van der Waals surface area contributed by atoms with Crippen molar-refractivity contribution in [3.05, 3.63) is 0 Å². The Bertz CT molecular complexity index is 125. The van der Waals surface area contributed by atoms with Gasteiger partial charge in [0.15, 0.2) is 0 Å². The number of rotatable bonds is 0. The zero-order valence-corrected chi connectivity index (χ0v) is 14.3. The molecule has 0 N–H and O–H groups in total. The maximum absolute atomic E-state index is 10.1. The van der Waals surface area contributed by atoms with E-state index >= 15 is 0 Å². The third kappa shape index (κ3) is 40.3. The maximum Gasteiger partial charge on any atom is 1.00 e. The van der Waals surface area contributed by atoms with Gasteiger partial charge in [-0.15, -0.1) is 0 Å². The number of hydrogen-bond acceptors (Lipinski definition) is 4. The minimum Gasteiger partial charge on any atom is -0.652 e. The Kier molecular flexibility index (Phi) is 30.5. The van der Waals surface area contributed by atoms with E-state index in [4.69, 9.17) is 15.0 Å². The molecule has 0 aliphatic heterocycles. The van der Waals surface area contributed by atoms with E-state index in [2.05, 4.69) is 0 Å². The van der Waals surface area contributed by atoms with Gasteiger partial charge in [0.1, 0.15) is 0 Å².